The van der Waals surface area contributed by atoms with E-state index in [-0.39, 0.29) is 12.6 Å². The van der Waals surface area contributed by atoms with Crippen LogP contribution < -0.4 is 5.73 Å². The average molecular weight is 344 g/mol. The lowest BCUT2D eigenvalue weighted by Crippen LogP contribution is -2.15. The van der Waals surface area contributed by atoms with Crippen molar-refractivity contribution < 1.29 is 13.5 Å². The minimum Gasteiger partial charge on any atom is -0.375 e. The third-order valence-corrected chi connectivity index (χ3v) is 3.81. The lowest BCUT2D eigenvalue weighted by Gasteiger charge is -2.15. The molecule has 0 amide bonds. The van der Waals surface area contributed by atoms with E-state index in [4.69, 9.17) is 10.5 Å². The van der Waals surface area contributed by atoms with E-state index in [1.807, 2.05) is 36.4 Å². The largest absolute Gasteiger partial charge is 0.375 e. The lowest BCUT2D eigenvalue weighted by atomic mass is 9.97. The lowest BCUT2D eigenvalue weighted by molar-refractivity contribution is 0.0152. The van der Waals surface area contributed by atoms with Gasteiger partial charge in [-0.25, -0.2) is 8.78 Å². The molecule has 20 heavy (non-hydrogen) atoms. The van der Waals surface area contributed by atoms with Gasteiger partial charge in [-0.3, -0.25) is 0 Å². The molecule has 2 nitrogen and oxygen atoms in total. The molecule has 0 aliphatic rings. The predicted octanol–water partition coefficient (Wildman–Crippen LogP) is 4.27. The van der Waals surface area contributed by atoms with E-state index in [0.29, 0.717) is 6.42 Å². The van der Waals surface area contributed by atoms with Crippen LogP contribution in [0.25, 0.3) is 10.8 Å². The minimum atomic E-state index is -2.43. The summed E-state index contributed by atoms with van der Waals surface area (Å²) in [7, 11) is 0. The fraction of sp³-hybridized carbons (Fsp3) is 0.333. The molecule has 0 aromatic heterocycles. The van der Waals surface area contributed by atoms with Crippen LogP contribution in [0.4, 0.5) is 8.78 Å². The molecule has 2 aromatic rings. The SMILES string of the molecule is NC(CCOCC(F)F)c1ccc(Br)c2ccccc12. The highest BCUT2D eigenvalue weighted by Crippen LogP contribution is 2.30. The number of fused-ring (bicyclic) bond motifs is 1. The number of hydrogen-bond acceptors (Lipinski definition) is 2. The zero-order valence-electron chi connectivity index (χ0n) is 10.9. The van der Waals surface area contributed by atoms with Crippen molar-refractivity contribution in [2.75, 3.05) is 13.2 Å². The highest BCUT2D eigenvalue weighted by molar-refractivity contribution is 9.10. The Morgan fingerprint density at radius 1 is 1.10 bits per heavy atom. The summed E-state index contributed by atoms with van der Waals surface area (Å²) >= 11 is 3.51. The van der Waals surface area contributed by atoms with Gasteiger partial charge in [0.15, 0.2) is 0 Å². The van der Waals surface area contributed by atoms with Crippen molar-refractivity contribution in [2.45, 2.75) is 18.9 Å². The number of alkyl halides is 2. The minimum absolute atomic E-state index is 0.231. The second-order valence-electron chi connectivity index (χ2n) is 4.54. The van der Waals surface area contributed by atoms with Gasteiger partial charge < -0.3 is 10.5 Å². The van der Waals surface area contributed by atoms with Crippen LogP contribution in [-0.2, 0) is 4.74 Å². The first kappa shape index (κ1) is 15.4. The van der Waals surface area contributed by atoms with Crippen molar-refractivity contribution in [3.05, 3.63) is 46.4 Å². The summed E-state index contributed by atoms with van der Waals surface area (Å²) in [6.45, 7) is -0.302. The van der Waals surface area contributed by atoms with Crippen LogP contribution in [0.15, 0.2) is 40.9 Å². The van der Waals surface area contributed by atoms with Gasteiger partial charge in [-0.15, -0.1) is 0 Å². The van der Waals surface area contributed by atoms with Crippen LogP contribution >= 0.6 is 15.9 Å². The number of rotatable bonds is 6. The summed E-state index contributed by atoms with van der Waals surface area (Å²) in [4.78, 5) is 0. The average Bonchev–Trinajstić information content (AvgIpc) is 2.44. The summed E-state index contributed by atoms with van der Waals surface area (Å²) in [6.07, 6.45) is -1.92. The highest BCUT2D eigenvalue weighted by Gasteiger charge is 2.12. The molecule has 1 atom stereocenters. The van der Waals surface area contributed by atoms with E-state index in [2.05, 4.69) is 15.9 Å². The maximum atomic E-state index is 12.0. The summed E-state index contributed by atoms with van der Waals surface area (Å²) in [5, 5.41) is 2.16. The van der Waals surface area contributed by atoms with E-state index in [1.165, 1.54) is 0 Å². The molecule has 5 heteroatoms. The van der Waals surface area contributed by atoms with Crippen molar-refractivity contribution in [3.63, 3.8) is 0 Å². The molecule has 0 bridgehead atoms. The molecule has 2 aromatic carbocycles. The van der Waals surface area contributed by atoms with E-state index in [1.54, 1.807) is 0 Å². The summed E-state index contributed by atoms with van der Waals surface area (Å²) in [6, 6.07) is 11.6. The fourth-order valence-corrected chi connectivity index (χ4v) is 2.63. The van der Waals surface area contributed by atoms with E-state index in [9.17, 15) is 8.78 Å². The zero-order chi connectivity index (χ0) is 14.5. The van der Waals surface area contributed by atoms with Crippen LogP contribution in [-0.4, -0.2) is 19.6 Å². The van der Waals surface area contributed by atoms with Crippen LogP contribution in [0.3, 0.4) is 0 Å². The second kappa shape index (κ2) is 7.11. The molecule has 0 fully saturated rings. The monoisotopic (exact) mass is 343 g/mol. The molecule has 1 unspecified atom stereocenters. The Balaban J connectivity index is 2.10. The summed E-state index contributed by atoms with van der Waals surface area (Å²) in [5.74, 6) is 0. The van der Waals surface area contributed by atoms with Gasteiger partial charge in [0, 0.05) is 17.1 Å². The topological polar surface area (TPSA) is 35.2 Å². The third kappa shape index (κ3) is 3.75. The second-order valence-corrected chi connectivity index (χ2v) is 5.40. The molecule has 2 N–H and O–H groups in total. The number of halogens is 3. The summed E-state index contributed by atoms with van der Waals surface area (Å²) in [5.41, 5.74) is 7.15. The number of ether oxygens (including phenoxy) is 1. The Morgan fingerprint density at radius 2 is 1.80 bits per heavy atom. The van der Waals surface area contributed by atoms with Crippen molar-refractivity contribution in [3.8, 4) is 0 Å². The molecule has 2 rings (SSSR count). The van der Waals surface area contributed by atoms with Gasteiger partial charge in [0.25, 0.3) is 6.43 Å². The normalized spacial score (nSPS) is 13.1. The van der Waals surface area contributed by atoms with Crippen LogP contribution in [0.2, 0.25) is 0 Å². The quantitative estimate of drug-likeness (QED) is 0.794. The Morgan fingerprint density at radius 3 is 2.50 bits per heavy atom. The van der Waals surface area contributed by atoms with E-state index < -0.39 is 13.0 Å². The van der Waals surface area contributed by atoms with Gasteiger partial charge in [0.2, 0.25) is 0 Å². The predicted molar refractivity (Wildman–Crippen MR) is 80.0 cm³/mol. The molecule has 0 aliphatic heterocycles. The zero-order valence-corrected chi connectivity index (χ0v) is 12.4. The molecular weight excluding hydrogens is 328 g/mol. The van der Waals surface area contributed by atoms with Crippen molar-refractivity contribution in [1.29, 1.82) is 0 Å². The molecular formula is C15H16BrF2NO. The molecule has 0 spiro atoms. The van der Waals surface area contributed by atoms with Crippen molar-refractivity contribution >= 4 is 26.7 Å². The Kier molecular flexibility index (Phi) is 5.46. The summed E-state index contributed by atoms with van der Waals surface area (Å²) < 4.78 is 29.8. The first-order valence-corrected chi connectivity index (χ1v) is 7.17. The third-order valence-electron chi connectivity index (χ3n) is 3.12. The van der Waals surface area contributed by atoms with E-state index in [0.717, 1.165) is 20.8 Å². The van der Waals surface area contributed by atoms with Gasteiger partial charge in [0.1, 0.15) is 6.61 Å². The molecule has 108 valence electrons. The van der Waals surface area contributed by atoms with Crippen LogP contribution in [0, 0.1) is 0 Å². The molecule has 0 aliphatic carbocycles. The molecule has 0 saturated heterocycles. The Labute approximate surface area is 125 Å². The molecule has 0 radical (unpaired) electrons. The Bertz CT molecular complexity index is 577. The maximum absolute atomic E-state index is 12.0. The highest BCUT2D eigenvalue weighted by atomic mass is 79.9. The maximum Gasteiger partial charge on any atom is 0.261 e. The number of nitrogens with two attached hydrogens (primary N) is 1. The van der Waals surface area contributed by atoms with Gasteiger partial charge >= 0.3 is 0 Å². The van der Waals surface area contributed by atoms with Gasteiger partial charge in [-0.05, 0) is 28.8 Å². The van der Waals surface area contributed by atoms with Crippen molar-refractivity contribution in [2.24, 2.45) is 5.73 Å². The first-order chi connectivity index (χ1) is 9.59. The first-order valence-electron chi connectivity index (χ1n) is 6.38. The smallest absolute Gasteiger partial charge is 0.261 e. The van der Waals surface area contributed by atoms with Crippen LogP contribution in [0.1, 0.15) is 18.0 Å². The molecule has 0 saturated carbocycles. The number of hydrogen-bond donors (Lipinski definition) is 1. The van der Waals surface area contributed by atoms with Gasteiger partial charge in [0.05, 0.1) is 0 Å². The molecule has 0 heterocycles. The number of benzene rings is 2. The van der Waals surface area contributed by atoms with E-state index >= 15 is 0 Å². The van der Waals surface area contributed by atoms with Crippen LogP contribution in [0.5, 0.6) is 0 Å². The fourth-order valence-electron chi connectivity index (χ4n) is 2.15. The van der Waals surface area contributed by atoms with Gasteiger partial charge in [-0.1, -0.05) is 46.3 Å². The Hall–Kier alpha value is -1.04. The van der Waals surface area contributed by atoms with Gasteiger partial charge in [-0.2, -0.15) is 0 Å². The van der Waals surface area contributed by atoms with Crippen molar-refractivity contribution in [1.82, 2.24) is 0 Å². The standard InChI is InChI=1S/C15H16BrF2NO/c16-13-6-5-12(10-3-1-2-4-11(10)13)14(19)7-8-20-9-15(17)18/h1-6,14-15H,7-9,19H2.